The highest BCUT2D eigenvalue weighted by molar-refractivity contribution is 5.92. The largest absolute Gasteiger partial charge is 0.396 e. The first-order valence-corrected chi connectivity index (χ1v) is 6.51. The monoisotopic (exact) mass is 274 g/mol. The number of benzene rings is 1. The molecule has 2 aromatic rings. The number of aliphatic hydroxyl groups is 1. The van der Waals surface area contributed by atoms with E-state index in [1.165, 1.54) is 0 Å². The Bertz CT molecular complexity index is 568. The van der Waals surface area contributed by atoms with E-state index in [4.69, 9.17) is 9.63 Å². The molecule has 20 heavy (non-hydrogen) atoms. The summed E-state index contributed by atoms with van der Waals surface area (Å²) >= 11 is 0. The molecule has 0 saturated heterocycles. The van der Waals surface area contributed by atoms with E-state index in [-0.39, 0.29) is 18.9 Å². The fourth-order valence-corrected chi connectivity index (χ4v) is 2.00. The molecule has 0 aliphatic carbocycles. The number of carbonyl (C=O) groups is 1. The van der Waals surface area contributed by atoms with Crippen molar-refractivity contribution in [2.24, 2.45) is 0 Å². The van der Waals surface area contributed by atoms with Crippen LogP contribution in [0.15, 0.2) is 28.8 Å². The van der Waals surface area contributed by atoms with Gasteiger partial charge < -0.3 is 14.9 Å². The number of aryl methyl sites for hydroxylation is 2. The Balaban J connectivity index is 1.97. The smallest absolute Gasteiger partial charge is 0.228 e. The molecular formula is C15H18N2O3. The summed E-state index contributed by atoms with van der Waals surface area (Å²) in [5.74, 6) is 0.574. The third-order valence-corrected chi connectivity index (χ3v) is 3.16. The van der Waals surface area contributed by atoms with Crippen LogP contribution in [0.3, 0.4) is 0 Å². The van der Waals surface area contributed by atoms with Crippen LogP contribution >= 0.6 is 0 Å². The van der Waals surface area contributed by atoms with Crippen molar-refractivity contribution in [1.29, 1.82) is 0 Å². The van der Waals surface area contributed by atoms with E-state index in [2.05, 4.69) is 10.5 Å². The van der Waals surface area contributed by atoms with Crippen molar-refractivity contribution in [1.82, 2.24) is 5.16 Å². The van der Waals surface area contributed by atoms with Crippen LogP contribution in [-0.4, -0.2) is 22.8 Å². The van der Waals surface area contributed by atoms with Crippen LogP contribution in [0.1, 0.15) is 22.6 Å². The number of hydrogen-bond acceptors (Lipinski definition) is 4. The molecule has 1 aromatic carbocycles. The van der Waals surface area contributed by atoms with Gasteiger partial charge >= 0.3 is 0 Å². The Hall–Kier alpha value is -2.14. The van der Waals surface area contributed by atoms with Crippen molar-refractivity contribution in [3.05, 3.63) is 46.8 Å². The molecule has 0 atom stereocenters. The fraction of sp³-hybridized carbons (Fsp3) is 0.333. The first-order valence-electron chi connectivity index (χ1n) is 6.51. The number of rotatable bonds is 5. The molecule has 2 N–H and O–H groups in total. The molecule has 2 rings (SSSR count). The van der Waals surface area contributed by atoms with E-state index in [0.717, 1.165) is 22.5 Å². The molecule has 0 bridgehead atoms. The van der Waals surface area contributed by atoms with Crippen molar-refractivity contribution in [2.45, 2.75) is 26.7 Å². The van der Waals surface area contributed by atoms with Crippen LogP contribution in [0.4, 0.5) is 5.69 Å². The number of nitrogens with one attached hydrogen (secondary N) is 1. The number of anilines is 1. The predicted octanol–water partition coefficient (Wildman–Crippen LogP) is 2.01. The molecule has 0 saturated carbocycles. The Morgan fingerprint density at radius 2 is 2.00 bits per heavy atom. The molecule has 5 nitrogen and oxygen atoms in total. The van der Waals surface area contributed by atoms with Crippen molar-refractivity contribution < 1.29 is 14.4 Å². The Labute approximate surface area is 117 Å². The highest BCUT2D eigenvalue weighted by Crippen LogP contribution is 2.15. The Morgan fingerprint density at radius 1 is 1.30 bits per heavy atom. The van der Waals surface area contributed by atoms with Crippen molar-refractivity contribution in [2.75, 3.05) is 11.9 Å². The summed E-state index contributed by atoms with van der Waals surface area (Å²) in [4.78, 5) is 12.0. The summed E-state index contributed by atoms with van der Waals surface area (Å²) in [7, 11) is 0. The lowest BCUT2D eigenvalue weighted by Gasteiger charge is -2.06. The molecule has 1 aromatic heterocycles. The normalized spacial score (nSPS) is 10.6. The van der Waals surface area contributed by atoms with Crippen LogP contribution in [0.5, 0.6) is 0 Å². The standard InChI is InChI=1S/C15H18N2O3/c1-10-14(11(2)20-17-10)9-15(19)16-13-5-3-12(4-6-13)7-8-18/h3-6,18H,7-9H2,1-2H3,(H,16,19). The van der Waals surface area contributed by atoms with E-state index >= 15 is 0 Å². The van der Waals surface area contributed by atoms with Gasteiger partial charge in [-0.25, -0.2) is 0 Å². The zero-order chi connectivity index (χ0) is 14.5. The maximum atomic E-state index is 12.0. The molecule has 1 heterocycles. The molecule has 106 valence electrons. The minimum atomic E-state index is -0.102. The fourth-order valence-electron chi connectivity index (χ4n) is 2.00. The third kappa shape index (κ3) is 3.45. The summed E-state index contributed by atoms with van der Waals surface area (Å²) in [5.41, 5.74) is 3.36. The van der Waals surface area contributed by atoms with Crippen molar-refractivity contribution in [3.63, 3.8) is 0 Å². The lowest BCUT2D eigenvalue weighted by atomic mass is 10.1. The minimum absolute atomic E-state index is 0.102. The lowest BCUT2D eigenvalue weighted by Crippen LogP contribution is -2.15. The minimum Gasteiger partial charge on any atom is -0.396 e. The highest BCUT2D eigenvalue weighted by Gasteiger charge is 2.13. The highest BCUT2D eigenvalue weighted by atomic mass is 16.5. The van der Waals surface area contributed by atoms with Gasteiger partial charge in [0.25, 0.3) is 0 Å². The first kappa shape index (κ1) is 14.3. The molecular weight excluding hydrogens is 256 g/mol. The zero-order valence-corrected chi connectivity index (χ0v) is 11.6. The lowest BCUT2D eigenvalue weighted by molar-refractivity contribution is -0.115. The molecule has 0 spiro atoms. The zero-order valence-electron chi connectivity index (χ0n) is 11.6. The van der Waals surface area contributed by atoms with Gasteiger partial charge in [0.05, 0.1) is 12.1 Å². The van der Waals surface area contributed by atoms with Gasteiger partial charge in [0.1, 0.15) is 5.76 Å². The Kier molecular flexibility index (Phi) is 4.53. The van der Waals surface area contributed by atoms with Crippen LogP contribution < -0.4 is 5.32 Å². The summed E-state index contributed by atoms with van der Waals surface area (Å²) in [5, 5.41) is 15.5. The Morgan fingerprint density at radius 3 is 2.55 bits per heavy atom. The van der Waals surface area contributed by atoms with Gasteiger partial charge in [-0.15, -0.1) is 0 Å². The first-order chi connectivity index (χ1) is 9.60. The van der Waals surface area contributed by atoms with E-state index < -0.39 is 0 Å². The number of amides is 1. The molecule has 5 heteroatoms. The average molecular weight is 274 g/mol. The predicted molar refractivity (Wildman–Crippen MR) is 75.5 cm³/mol. The van der Waals surface area contributed by atoms with E-state index in [1.54, 1.807) is 6.92 Å². The van der Waals surface area contributed by atoms with Crippen LogP contribution in [0, 0.1) is 13.8 Å². The molecule has 1 amide bonds. The van der Waals surface area contributed by atoms with Gasteiger partial charge in [-0.3, -0.25) is 4.79 Å². The number of hydrogen-bond donors (Lipinski definition) is 2. The maximum Gasteiger partial charge on any atom is 0.228 e. The van der Waals surface area contributed by atoms with Gasteiger partial charge in [0, 0.05) is 17.9 Å². The summed E-state index contributed by atoms with van der Waals surface area (Å²) in [6.07, 6.45) is 0.868. The van der Waals surface area contributed by atoms with E-state index in [9.17, 15) is 4.79 Å². The van der Waals surface area contributed by atoms with E-state index in [0.29, 0.717) is 12.2 Å². The summed E-state index contributed by atoms with van der Waals surface area (Å²) in [6.45, 7) is 3.74. The van der Waals surface area contributed by atoms with Gasteiger partial charge in [-0.05, 0) is 38.0 Å². The molecule has 0 aliphatic rings. The van der Waals surface area contributed by atoms with Crippen molar-refractivity contribution in [3.8, 4) is 0 Å². The summed E-state index contributed by atoms with van der Waals surface area (Å²) in [6, 6.07) is 7.44. The van der Waals surface area contributed by atoms with E-state index in [1.807, 2.05) is 31.2 Å². The molecule has 0 fully saturated rings. The van der Waals surface area contributed by atoms with Crippen molar-refractivity contribution >= 4 is 11.6 Å². The second-order valence-corrected chi connectivity index (χ2v) is 4.70. The van der Waals surface area contributed by atoms with Gasteiger partial charge in [0.2, 0.25) is 5.91 Å². The molecule has 0 unspecified atom stereocenters. The van der Waals surface area contributed by atoms with Crippen LogP contribution in [0.25, 0.3) is 0 Å². The number of aromatic nitrogens is 1. The van der Waals surface area contributed by atoms with Gasteiger partial charge in [0.15, 0.2) is 0 Å². The number of aliphatic hydroxyl groups excluding tert-OH is 1. The van der Waals surface area contributed by atoms with Gasteiger partial charge in [-0.2, -0.15) is 0 Å². The quantitative estimate of drug-likeness (QED) is 0.874. The van der Waals surface area contributed by atoms with Crippen LogP contribution in [-0.2, 0) is 17.6 Å². The topological polar surface area (TPSA) is 75.4 Å². The summed E-state index contributed by atoms with van der Waals surface area (Å²) < 4.78 is 5.04. The number of nitrogens with zero attached hydrogens (tertiary/aromatic N) is 1. The molecule has 0 aliphatic heterocycles. The second-order valence-electron chi connectivity index (χ2n) is 4.70. The third-order valence-electron chi connectivity index (χ3n) is 3.16. The molecule has 0 radical (unpaired) electrons. The second kappa shape index (κ2) is 6.34. The number of carbonyl (C=O) groups excluding carboxylic acids is 1. The average Bonchev–Trinajstić information content (AvgIpc) is 2.73. The van der Waals surface area contributed by atoms with Crippen LogP contribution in [0.2, 0.25) is 0 Å². The van der Waals surface area contributed by atoms with Gasteiger partial charge in [-0.1, -0.05) is 17.3 Å². The SMILES string of the molecule is Cc1noc(C)c1CC(=O)Nc1ccc(CCO)cc1. The maximum absolute atomic E-state index is 12.0.